The van der Waals surface area contributed by atoms with E-state index in [1.807, 2.05) is 0 Å². The average molecular weight is 256 g/mol. The molecule has 0 saturated carbocycles. The summed E-state index contributed by atoms with van der Waals surface area (Å²) in [6, 6.07) is 4.94. The third-order valence-corrected chi connectivity index (χ3v) is 3.86. The number of carboxylic acids is 1. The molecule has 0 fully saturated rings. The van der Waals surface area contributed by atoms with E-state index in [1.54, 1.807) is 26.0 Å². The highest BCUT2D eigenvalue weighted by atomic mass is 32.2. The third-order valence-electron chi connectivity index (χ3n) is 2.60. The largest absolute Gasteiger partial charge is 0.481 e. The van der Waals surface area contributed by atoms with Crippen LogP contribution >= 0.6 is 0 Å². The quantitative estimate of drug-likeness (QED) is 0.889. The molecule has 0 aromatic heterocycles. The Balaban J connectivity index is 3.02. The fraction of sp³-hybridized carbons (Fsp3) is 0.417. The molecule has 1 rings (SSSR count). The Morgan fingerprint density at radius 3 is 2.41 bits per heavy atom. The van der Waals surface area contributed by atoms with Gasteiger partial charge in [-0.1, -0.05) is 19.1 Å². The molecule has 0 spiro atoms. The van der Waals surface area contributed by atoms with Crippen molar-refractivity contribution in [2.24, 2.45) is 5.92 Å². The van der Waals surface area contributed by atoms with Crippen LogP contribution < -0.4 is 0 Å². The van der Waals surface area contributed by atoms with Crippen LogP contribution in [-0.2, 0) is 21.1 Å². The van der Waals surface area contributed by atoms with Crippen molar-refractivity contribution in [2.45, 2.75) is 25.2 Å². The van der Waals surface area contributed by atoms with Crippen LogP contribution in [-0.4, -0.2) is 25.7 Å². The normalized spacial score (nSPS) is 13.4. The molecule has 1 aromatic rings. The van der Waals surface area contributed by atoms with Crippen molar-refractivity contribution in [2.75, 3.05) is 6.26 Å². The topological polar surface area (TPSA) is 71.4 Å². The van der Waals surface area contributed by atoms with Crippen LogP contribution in [0.15, 0.2) is 23.1 Å². The van der Waals surface area contributed by atoms with Gasteiger partial charge in [-0.25, -0.2) is 8.42 Å². The van der Waals surface area contributed by atoms with E-state index in [1.165, 1.54) is 6.07 Å². The molecule has 0 aliphatic carbocycles. The third kappa shape index (κ3) is 3.56. The number of aliphatic carboxylic acids is 1. The van der Waals surface area contributed by atoms with Crippen molar-refractivity contribution >= 4 is 15.8 Å². The first-order chi connectivity index (χ1) is 7.71. The highest BCUT2D eigenvalue weighted by molar-refractivity contribution is 7.90. The number of sulfone groups is 1. The van der Waals surface area contributed by atoms with Gasteiger partial charge in [0.15, 0.2) is 9.84 Å². The summed E-state index contributed by atoms with van der Waals surface area (Å²) in [4.78, 5) is 11.0. The van der Waals surface area contributed by atoms with Crippen molar-refractivity contribution in [3.8, 4) is 0 Å². The second kappa shape index (κ2) is 4.87. The van der Waals surface area contributed by atoms with Crippen molar-refractivity contribution in [1.82, 2.24) is 0 Å². The summed E-state index contributed by atoms with van der Waals surface area (Å²) in [6.45, 7) is 3.34. The molecule has 0 heterocycles. The molecule has 0 amide bonds. The molecule has 1 unspecified atom stereocenters. The lowest BCUT2D eigenvalue weighted by Crippen LogP contribution is -2.12. The Bertz CT molecular complexity index is 531. The minimum absolute atomic E-state index is 0.296. The van der Waals surface area contributed by atoms with Crippen LogP contribution in [0.3, 0.4) is 0 Å². The van der Waals surface area contributed by atoms with E-state index in [-0.39, 0.29) is 0 Å². The van der Waals surface area contributed by atoms with E-state index in [0.29, 0.717) is 16.9 Å². The lowest BCUT2D eigenvalue weighted by atomic mass is 10.00. The standard InChI is InChI=1S/C12H16O4S/c1-8-6-10(7-9(2)12(13)14)4-5-11(8)17(3,15)16/h4-6,9H,7H2,1-3H3,(H,13,14). The number of aryl methyl sites for hydroxylation is 1. The molecule has 17 heavy (non-hydrogen) atoms. The van der Waals surface area contributed by atoms with Gasteiger partial charge in [0.2, 0.25) is 0 Å². The lowest BCUT2D eigenvalue weighted by Gasteiger charge is -2.09. The van der Waals surface area contributed by atoms with E-state index in [0.717, 1.165) is 11.8 Å². The maximum atomic E-state index is 11.4. The second-order valence-electron chi connectivity index (χ2n) is 4.32. The Morgan fingerprint density at radius 2 is 2.00 bits per heavy atom. The number of rotatable bonds is 4. The molecule has 1 atom stereocenters. The van der Waals surface area contributed by atoms with Gasteiger partial charge < -0.3 is 5.11 Å². The second-order valence-corrected chi connectivity index (χ2v) is 6.30. The number of hydrogen-bond donors (Lipinski definition) is 1. The summed E-state index contributed by atoms with van der Waals surface area (Å²) in [7, 11) is -3.21. The van der Waals surface area contributed by atoms with E-state index >= 15 is 0 Å². The monoisotopic (exact) mass is 256 g/mol. The van der Waals surface area contributed by atoms with Crippen LogP contribution in [0.25, 0.3) is 0 Å². The van der Waals surface area contributed by atoms with E-state index < -0.39 is 21.7 Å². The Kier molecular flexibility index (Phi) is 3.93. The summed E-state index contributed by atoms with van der Waals surface area (Å²) in [5.41, 5.74) is 1.49. The van der Waals surface area contributed by atoms with Crippen molar-refractivity contribution in [3.05, 3.63) is 29.3 Å². The molecule has 0 radical (unpaired) electrons. The van der Waals surface area contributed by atoms with Crippen LogP contribution in [0.4, 0.5) is 0 Å². The van der Waals surface area contributed by atoms with Gasteiger partial charge in [-0.05, 0) is 30.5 Å². The maximum Gasteiger partial charge on any atom is 0.306 e. The minimum Gasteiger partial charge on any atom is -0.481 e. The molecule has 94 valence electrons. The SMILES string of the molecule is Cc1cc(CC(C)C(=O)O)ccc1S(C)(=O)=O. The molecule has 0 saturated heterocycles. The number of carboxylic acid groups (broad SMARTS) is 1. The molecular formula is C12H16O4S. The van der Waals surface area contributed by atoms with Gasteiger partial charge in [0, 0.05) is 6.26 Å². The summed E-state index contributed by atoms with van der Waals surface area (Å²) in [6.07, 6.45) is 1.56. The van der Waals surface area contributed by atoms with Gasteiger partial charge in [-0.15, -0.1) is 0 Å². The molecular weight excluding hydrogens is 240 g/mol. The first-order valence-electron chi connectivity index (χ1n) is 5.24. The number of benzene rings is 1. The van der Waals surface area contributed by atoms with Crippen LogP contribution in [0.2, 0.25) is 0 Å². The number of carbonyl (C=O) groups is 1. The highest BCUT2D eigenvalue weighted by Crippen LogP contribution is 2.18. The van der Waals surface area contributed by atoms with Crippen molar-refractivity contribution in [3.63, 3.8) is 0 Å². The lowest BCUT2D eigenvalue weighted by molar-refractivity contribution is -0.141. The fourth-order valence-electron chi connectivity index (χ4n) is 1.70. The molecule has 4 nitrogen and oxygen atoms in total. The summed E-state index contributed by atoms with van der Waals surface area (Å²) >= 11 is 0. The van der Waals surface area contributed by atoms with Gasteiger partial charge in [-0.2, -0.15) is 0 Å². The first kappa shape index (κ1) is 13.7. The Labute approximate surface area is 101 Å². The average Bonchev–Trinajstić information content (AvgIpc) is 2.15. The number of hydrogen-bond acceptors (Lipinski definition) is 3. The zero-order valence-corrected chi connectivity index (χ0v) is 10.9. The molecule has 0 aliphatic rings. The van der Waals surface area contributed by atoms with Crippen LogP contribution in [0.5, 0.6) is 0 Å². The van der Waals surface area contributed by atoms with Crippen LogP contribution in [0.1, 0.15) is 18.1 Å². The molecule has 1 aromatic carbocycles. The van der Waals surface area contributed by atoms with Crippen LogP contribution in [0, 0.1) is 12.8 Å². The predicted molar refractivity (Wildman–Crippen MR) is 64.8 cm³/mol. The summed E-state index contributed by atoms with van der Waals surface area (Å²) in [5, 5.41) is 8.80. The van der Waals surface area contributed by atoms with E-state index in [9.17, 15) is 13.2 Å². The van der Waals surface area contributed by atoms with Gasteiger partial charge in [0.05, 0.1) is 10.8 Å². The van der Waals surface area contributed by atoms with E-state index in [2.05, 4.69) is 0 Å². The van der Waals surface area contributed by atoms with Crippen molar-refractivity contribution in [1.29, 1.82) is 0 Å². The smallest absolute Gasteiger partial charge is 0.306 e. The first-order valence-corrected chi connectivity index (χ1v) is 7.13. The minimum atomic E-state index is -3.21. The molecule has 1 N–H and O–H groups in total. The zero-order chi connectivity index (χ0) is 13.2. The Hall–Kier alpha value is -1.36. The van der Waals surface area contributed by atoms with Gasteiger partial charge >= 0.3 is 5.97 Å². The van der Waals surface area contributed by atoms with E-state index in [4.69, 9.17) is 5.11 Å². The van der Waals surface area contributed by atoms with Gasteiger partial charge in [0.1, 0.15) is 0 Å². The summed E-state index contributed by atoms with van der Waals surface area (Å²) in [5.74, 6) is -1.33. The maximum absolute atomic E-state index is 11.4. The Morgan fingerprint density at radius 1 is 1.41 bits per heavy atom. The molecule has 0 bridgehead atoms. The highest BCUT2D eigenvalue weighted by Gasteiger charge is 2.14. The molecule has 5 heteroatoms. The zero-order valence-electron chi connectivity index (χ0n) is 10.1. The van der Waals surface area contributed by atoms with Gasteiger partial charge in [0.25, 0.3) is 0 Å². The summed E-state index contributed by atoms with van der Waals surface area (Å²) < 4.78 is 22.8. The fourth-order valence-corrected chi connectivity index (χ4v) is 2.65. The van der Waals surface area contributed by atoms with Gasteiger partial charge in [-0.3, -0.25) is 4.79 Å². The predicted octanol–water partition coefficient (Wildman–Crippen LogP) is 1.66. The molecule has 0 aliphatic heterocycles. The van der Waals surface area contributed by atoms with Crippen molar-refractivity contribution < 1.29 is 18.3 Å².